The second-order valence-electron chi connectivity index (χ2n) is 4.18. The van der Waals surface area contributed by atoms with Gasteiger partial charge in [-0.2, -0.15) is 0 Å². The van der Waals surface area contributed by atoms with Gasteiger partial charge >= 0.3 is 0 Å². The molecule has 1 fully saturated rings. The van der Waals surface area contributed by atoms with Gasteiger partial charge in [0.1, 0.15) is 5.82 Å². The number of aromatic nitrogens is 2. The van der Waals surface area contributed by atoms with Crippen LogP contribution >= 0.6 is 11.6 Å². The maximum Gasteiger partial charge on any atom is 0.224 e. The number of nitrogens with zero attached hydrogens (tertiary/aromatic N) is 2. The van der Waals surface area contributed by atoms with Crippen molar-refractivity contribution in [3.8, 4) is 0 Å². The quantitative estimate of drug-likeness (QED) is 0.786. The number of nitrogens with one attached hydrogen (secondary N) is 1. The van der Waals surface area contributed by atoms with E-state index in [-0.39, 0.29) is 0 Å². The van der Waals surface area contributed by atoms with Crippen molar-refractivity contribution in [3.05, 3.63) is 16.5 Å². The molecule has 1 heterocycles. The average Bonchev–Trinajstić information content (AvgIpc) is 2.66. The van der Waals surface area contributed by atoms with Crippen LogP contribution in [0.1, 0.15) is 36.9 Å². The van der Waals surface area contributed by atoms with E-state index in [2.05, 4.69) is 15.3 Å². The molecule has 0 unspecified atom stereocenters. The summed E-state index contributed by atoms with van der Waals surface area (Å²) in [5.74, 6) is 0.902. The van der Waals surface area contributed by atoms with E-state index in [1.54, 1.807) is 0 Å². The molecule has 1 aromatic rings. The lowest BCUT2D eigenvalue weighted by Gasteiger charge is -2.15. The fourth-order valence-corrected chi connectivity index (χ4v) is 2.21. The summed E-state index contributed by atoms with van der Waals surface area (Å²) in [7, 11) is 0. The predicted molar refractivity (Wildman–Crippen MR) is 62.4 cm³/mol. The van der Waals surface area contributed by atoms with Crippen molar-refractivity contribution in [2.45, 2.75) is 45.6 Å². The normalized spacial score (nSPS) is 17.0. The molecule has 1 N–H and O–H groups in total. The van der Waals surface area contributed by atoms with Gasteiger partial charge in [-0.25, -0.2) is 9.97 Å². The van der Waals surface area contributed by atoms with Crippen molar-refractivity contribution in [3.63, 3.8) is 0 Å². The van der Waals surface area contributed by atoms with Crippen LogP contribution in [0.15, 0.2) is 0 Å². The molecule has 4 heteroatoms. The zero-order chi connectivity index (χ0) is 10.8. The van der Waals surface area contributed by atoms with Crippen LogP contribution in [0.2, 0.25) is 5.28 Å². The Morgan fingerprint density at radius 3 is 2.53 bits per heavy atom. The third-order valence-corrected chi connectivity index (χ3v) is 3.23. The van der Waals surface area contributed by atoms with E-state index in [0.717, 1.165) is 17.1 Å². The molecule has 1 aromatic heterocycles. The summed E-state index contributed by atoms with van der Waals surface area (Å²) in [4.78, 5) is 8.36. The summed E-state index contributed by atoms with van der Waals surface area (Å²) in [6.45, 7) is 3.99. The third-order valence-electron chi connectivity index (χ3n) is 3.06. The zero-order valence-corrected chi connectivity index (χ0v) is 9.93. The van der Waals surface area contributed by atoms with E-state index in [1.807, 2.05) is 13.8 Å². The first-order valence-corrected chi connectivity index (χ1v) is 5.82. The first-order valence-electron chi connectivity index (χ1n) is 5.44. The highest BCUT2D eigenvalue weighted by Gasteiger charge is 2.16. The van der Waals surface area contributed by atoms with Crippen LogP contribution in [0.3, 0.4) is 0 Å². The largest absolute Gasteiger partial charge is 0.367 e. The molecule has 0 amide bonds. The number of hydrogen-bond acceptors (Lipinski definition) is 3. The molecule has 1 aliphatic carbocycles. The van der Waals surface area contributed by atoms with Crippen LogP contribution in [0.25, 0.3) is 0 Å². The van der Waals surface area contributed by atoms with Gasteiger partial charge in [-0.05, 0) is 38.3 Å². The molecule has 0 atom stereocenters. The van der Waals surface area contributed by atoms with Gasteiger partial charge in [0, 0.05) is 17.3 Å². The molecule has 15 heavy (non-hydrogen) atoms. The topological polar surface area (TPSA) is 37.8 Å². The highest BCUT2D eigenvalue weighted by molar-refractivity contribution is 6.28. The van der Waals surface area contributed by atoms with E-state index >= 15 is 0 Å². The van der Waals surface area contributed by atoms with Crippen LogP contribution in [-0.4, -0.2) is 16.0 Å². The molecule has 1 saturated carbocycles. The highest BCUT2D eigenvalue weighted by Crippen LogP contribution is 2.24. The Balaban J connectivity index is 2.19. The number of rotatable bonds is 2. The minimum atomic E-state index is 0.332. The van der Waals surface area contributed by atoms with Crippen molar-refractivity contribution in [1.82, 2.24) is 9.97 Å². The Kier molecular flexibility index (Phi) is 3.10. The van der Waals surface area contributed by atoms with Gasteiger partial charge in [-0.15, -0.1) is 0 Å². The maximum atomic E-state index is 5.85. The second-order valence-corrected chi connectivity index (χ2v) is 4.52. The molecule has 1 aliphatic rings. The number of anilines is 1. The Bertz CT molecular complexity index is 359. The minimum absolute atomic E-state index is 0.332. The lowest BCUT2D eigenvalue weighted by Crippen LogP contribution is -2.17. The Hall–Kier alpha value is -0.830. The van der Waals surface area contributed by atoms with Gasteiger partial charge in [-0.3, -0.25) is 0 Å². The summed E-state index contributed by atoms with van der Waals surface area (Å²) in [6.07, 6.45) is 5.10. The smallest absolute Gasteiger partial charge is 0.224 e. The van der Waals surface area contributed by atoms with Crippen molar-refractivity contribution < 1.29 is 0 Å². The Morgan fingerprint density at radius 2 is 1.87 bits per heavy atom. The van der Waals surface area contributed by atoms with Gasteiger partial charge in [-0.1, -0.05) is 12.8 Å². The first kappa shape index (κ1) is 10.7. The van der Waals surface area contributed by atoms with Gasteiger partial charge in [0.15, 0.2) is 0 Å². The molecular weight excluding hydrogens is 210 g/mol. The second kappa shape index (κ2) is 4.35. The number of hydrogen-bond donors (Lipinski definition) is 1. The van der Waals surface area contributed by atoms with E-state index < -0.39 is 0 Å². The number of aryl methyl sites for hydroxylation is 1. The third kappa shape index (κ3) is 2.40. The summed E-state index contributed by atoms with van der Waals surface area (Å²) < 4.78 is 0. The predicted octanol–water partition coefficient (Wildman–Crippen LogP) is 3.10. The highest BCUT2D eigenvalue weighted by atomic mass is 35.5. The van der Waals surface area contributed by atoms with Crippen LogP contribution in [0.5, 0.6) is 0 Å². The molecule has 0 saturated heterocycles. The van der Waals surface area contributed by atoms with E-state index in [0.29, 0.717) is 11.3 Å². The van der Waals surface area contributed by atoms with Crippen LogP contribution < -0.4 is 5.32 Å². The molecule has 82 valence electrons. The van der Waals surface area contributed by atoms with Crippen molar-refractivity contribution >= 4 is 17.4 Å². The molecule has 0 aromatic carbocycles. The standard InChI is InChI=1S/C11H16ClN3/c1-7-8(2)13-11(12)15-10(7)14-9-5-3-4-6-9/h9H,3-6H2,1-2H3,(H,13,14,15). The molecule has 0 spiro atoms. The lowest BCUT2D eigenvalue weighted by molar-refractivity contribution is 0.747. The minimum Gasteiger partial charge on any atom is -0.367 e. The van der Waals surface area contributed by atoms with E-state index in [4.69, 9.17) is 11.6 Å². The van der Waals surface area contributed by atoms with Crippen LogP contribution in [-0.2, 0) is 0 Å². The molecule has 3 nitrogen and oxygen atoms in total. The fourth-order valence-electron chi connectivity index (χ4n) is 2.00. The molecule has 0 radical (unpaired) electrons. The first-order chi connectivity index (χ1) is 7.16. The van der Waals surface area contributed by atoms with Gasteiger partial charge in [0.05, 0.1) is 0 Å². The summed E-state index contributed by atoms with van der Waals surface area (Å²) in [6, 6.07) is 0.564. The van der Waals surface area contributed by atoms with Crippen LogP contribution in [0, 0.1) is 13.8 Å². The van der Waals surface area contributed by atoms with Crippen molar-refractivity contribution in [1.29, 1.82) is 0 Å². The van der Waals surface area contributed by atoms with E-state index in [1.165, 1.54) is 25.7 Å². The summed E-state index contributed by atoms with van der Waals surface area (Å²) >= 11 is 5.85. The summed E-state index contributed by atoms with van der Waals surface area (Å²) in [5, 5.41) is 3.79. The fraction of sp³-hybridized carbons (Fsp3) is 0.636. The van der Waals surface area contributed by atoms with Gasteiger partial charge in [0.2, 0.25) is 5.28 Å². The molecule has 0 aliphatic heterocycles. The SMILES string of the molecule is Cc1nc(Cl)nc(NC2CCCC2)c1C. The molecule has 0 bridgehead atoms. The zero-order valence-electron chi connectivity index (χ0n) is 9.18. The Morgan fingerprint density at radius 1 is 1.20 bits per heavy atom. The van der Waals surface area contributed by atoms with Gasteiger partial charge in [0.25, 0.3) is 0 Å². The maximum absolute atomic E-state index is 5.85. The summed E-state index contributed by atoms with van der Waals surface area (Å²) in [5.41, 5.74) is 2.06. The monoisotopic (exact) mass is 225 g/mol. The molecule has 2 rings (SSSR count). The lowest BCUT2D eigenvalue weighted by atomic mass is 10.2. The van der Waals surface area contributed by atoms with Gasteiger partial charge < -0.3 is 5.32 Å². The molecular formula is C11H16ClN3. The van der Waals surface area contributed by atoms with Crippen molar-refractivity contribution in [2.75, 3.05) is 5.32 Å². The van der Waals surface area contributed by atoms with Crippen LogP contribution in [0.4, 0.5) is 5.82 Å². The van der Waals surface area contributed by atoms with E-state index in [9.17, 15) is 0 Å². The van der Waals surface area contributed by atoms with Crippen molar-refractivity contribution in [2.24, 2.45) is 0 Å². The number of halogens is 1. The average molecular weight is 226 g/mol. The Labute approximate surface area is 95.3 Å².